The fourth-order valence-corrected chi connectivity index (χ4v) is 8.12. The van der Waals surface area contributed by atoms with E-state index in [1.165, 1.54) is 75.2 Å². The first kappa shape index (κ1) is 26.5. The number of fused-ring (bicyclic) bond motifs is 7. The van der Waals surface area contributed by atoms with Crippen molar-refractivity contribution in [2.24, 2.45) is 17.9 Å². The molecule has 0 amide bonds. The molecule has 0 saturated carbocycles. The van der Waals surface area contributed by atoms with E-state index in [4.69, 9.17) is 4.74 Å². The van der Waals surface area contributed by atoms with Gasteiger partial charge in [-0.1, -0.05) is 71.4 Å². The second kappa shape index (κ2) is 8.79. The Bertz CT molecular complexity index is 2060. The average Bonchev–Trinajstić information content (AvgIpc) is 3.23. The summed E-state index contributed by atoms with van der Waals surface area (Å²) >= 11 is 1.91. The summed E-state index contributed by atoms with van der Waals surface area (Å²) in [6, 6.07) is 18.6. The average molecular weight is 559 g/mol. The van der Waals surface area contributed by atoms with Gasteiger partial charge in [0.2, 0.25) is 5.69 Å². The minimum atomic E-state index is 0.120. The second-order valence-corrected chi connectivity index (χ2v) is 15.7. The van der Waals surface area contributed by atoms with Crippen LogP contribution in [0.2, 0.25) is 0 Å². The van der Waals surface area contributed by atoms with Crippen LogP contribution in [0.3, 0.4) is 0 Å². The van der Waals surface area contributed by atoms with Crippen LogP contribution < -0.4 is 9.30 Å². The first-order valence-electron chi connectivity index (χ1n) is 14.8. The van der Waals surface area contributed by atoms with Gasteiger partial charge >= 0.3 is 0 Å². The number of benzene rings is 4. The summed E-state index contributed by atoms with van der Waals surface area (Å²) in [6.07, 6.45) is 4.25. The highest BCUT2D eigenvalue weighted by Crippen LogP contribution is 2.54. The molecule has 4 aromatic carbocycles. The van der Waals surface area contributed by atoms with E-state index in [0.717, 1.165) is 24.3 Å². The number of rotatable bonds is 2. The minimum absolute atomic E-state index is 0.120. The van der Waals surface area contributed by atoms with E-state index < -0.39 is 0 Å². The molecule has 1 aliphatic heterocycles. The maximum atomic E-state index is 7.14. The molecule has 0 N–H and O–H groups in total. The third-order valence-corrected chi connectivity index (χ3v) is 9.77. The van der Waals surface area contributed by atoms with Crippen LogP contribution in [-0.4, -0.2) is 0 Å². The molecule has 208 valence electrons. The maximum absolute atomic E-state index is 7.14. The fourth-order valence-electron chi connectivity index (χ4n) is 6.93. The molecule has 0 spiro atoms. The van der Waals surface area contributed by atoms with Crippen LogP contribution in [-0.2, 0) is 19.9 Å². The highest BCUT2D eigenvalue weighted by atomic mass is 32.1. The number of ether oxygens (including phenoxy) is 1. The standard InChI is InChI=1S/C38H40NOS/c1-21-10-12-24-22(2)32-34-33-25(14-15-39(34)9)36-28(27-17-23(19-37(3,4)5)11-13-31(27)41-36)18-30(33)40-35(32)29(26(24)16-21)20-38(6,7)8/h10-18H,19-20H2,1-9H3/q+1. The highest BCUT2D eigenvalue weighted by Gasteiger charge is 2.35. The van der Waals surface area contributed by atoms with Crippen LogP contribution in [0, 0.1) is 24.7 Å². The normalized spacial score (nSPS) is 13.4. The second-order valence-electron chi connectivity index (χ2n) is 14.7. The molecule has 3 heterocycles. The maximum Gasteiger partial charge on any atom is 0.228 e. The number of hydrogen-bond donors (Lipinski definition) is 0. The molecule has 2 nitrogen and oxygen atoms in total. The summed E-state index contributed by atoms with van der Waals surface area (Å²) < 4.78 is 12.1. The van der Waals surface area contributed by atoms with Crippen LogP contribution in [0.5, 0.6) is 11.5 Å². The van der Waals surface area contributed by atoms with Gasteiger partial charge in [-0.3, -0.25) is 0 Å². The molecule has 0 fully saturated rings. The van der Waals surface area contributed by atoms with Crippen LogP contribution >= 0.6 is 11.3 Å². The quantitative estimate of drug-likeness (QED) is 0.192. The van der Waals surface area contributed by atoms with Gasteiger partial charge in [-0.25, -0.2) is 4.57 Å². The Balaban J connectivity index is 1.59. The van der Waals surface area contributed by atoms with Crippen LogP contribution in [0.4, 0.5) is 0 Å². The summed E-state index contributed by atoms with van der Waals surface area (Å²) in [6.45, 7) is 18.4. The third kappa shape index (κ3) is 4.24. The van der Waals surface area contributed by atoms with E-state index in [1.54, 1.807) is 0 Å². The third-order valence-electron chi connectivity index (χ3n) is 8.55. The molecule has 3 heteroatoms. The molecule has 0 radical (unpaired) electrons. The molecule has 1 aliphatic rings. The van der Waals surface area contributed by atoms with E-state index in [1.807, 2.05) is 11.3 Å². The van der Waals surface area contributed by atoms with Crippen molar-refractivity contribution < 1.29 is 9.30 Å². The van der Waals surface area contributed by atoms with Crippen molar-refractivity contribution >= 4 is 53.1 Å². The minimum Gasteiger partial charge on any atom is -0.455 e. The molecule has 2 aromatic heterocycles. The first-order valence-corrected chi connectivity index (χ1v) is 15.7. The SMILES string of the molecule is Cc1ccc2c(C)c3c(c(CC(C)(C)C)c2c1)Oc1cc2c4cc(CC(C)(C)C)ccc4sc2c2cc[n+](C)c-3c12. The Morgan fingerprint density at radius 1 is 0.756 bits per heavy atom. The van der Waals surface area contributed by atoms with Crippen molar-refractivity contribution in [2.45, 2.75) is 68.2 Å². The number of aromatic nitrogens is 1. The lowest BCUT2D eigenvalue weighted by molar-refractivity contribution is -0.659. The summed E-state index contributed by atoms with van der Waals surface area (Å²) in [4.78, 5) is 0. The summed E-state index contributed by atoms with van der Waals surface area (Å²) in [5, 5.41) is 7.81. The number of thiophene rings is 1. The fraction of sp³-hybridized carbons (Fsp3) is 0.342. The van der Waals surface area contributed by atoms with Crippen LogP contribution in [0.1, 0.15) is 63.8 Å². The van der Waals surface area contributed by atoms with Gasteiger partial charge in [0, 0.05) is 37.2 Å². The first-order chi connectivity index (χ1) is 19.3. The Labute approximate surface area is 247 Å². The summed E-state index contributed by atoms with van der Waals surface area (Å²) in [7, 11) is 2.18. The van der Waals surface area contributed by atoms with Gasteiger partial charge in [-0.15, -0.1) is 11.3 Å². The van der Waals surface area contributed by atoms with E-state index in [2.05, 4.69) is 122 Å². The number of nitrogens with zero attached hydrogens (tertiary/aromatic N) is 1. The Kier molecular flexibility index (Phi) is 5.67. The Morgan fingerprint density at radius 2 is 1.51 bits per heavy atom. The van der Waals surface area contributed by atoms with Crippen molar-refractivity contribution in [1.82, 2.24) is 0 Å². The van der Waals surface area contributed by atoms with E-state index >= 15 is 0 Å². The lowest BCUT2D eigenvalue weighted by atomic mass is 9.81. The number of pyridine rings is 1. The van der Waals surface area contributed by atoms with E-state index in [9.17, 15) is 0 Å². The molecule has 6 aromatic rings. The number of hydrogen-bond acceptors (Lipinski definition) is 2. The van der Waals surface area contributed by atoms with Crippen molar-refractivity contribution in [3.8, 4) is 22.8 Å². The monoisotopic (exact) mass is 558 g/mol. The molecule has 0 unspecified atom stereocenters. The zero-order valence-electron chi connectivity index (χ0n) is 25.9. The Morgan fingerprint density at radius 3 is 2.24 bits per heavy atom. The van der Waals surface area contributed by atoms with Crippen molar-refractivity contribution in [1.29, 1.82) is 0 Å². The topological polar surface area (TPSA) is 13.1 Å². The van der Waals surface area contributed by atoms with Gasteiger partial charge in [0.05, 0.1) is 10.9 Å². The van der Waals surface area contributed by atoms with Crippen molar-refractivity contribution in [3.63, 3.8) is 0 Å². The van der Waals surface area contributed by atoms with Gasteiger partial charge in [-0.2, -0.15) is 0 Å². The lowest BCUT2D eigenvalue weighted by Crippen LogP contribution is -2.32. The lowest BCUT2D eigenvalue weighted by Gasteiger charge is -2.28. The predicted octanol–water partition coefficient (Wildman–Crippen LogP) is 10.8. The summed E-state index contributed by atoms with van der Waals surface area (Å²) in [5.74, 6) is 2.02. The zero-order chi connectivity index (χ0) is 29.0. The van der Waals surface area contributed by atoms with Gasteiger partial charge < -0.3 is 4.74 Å². The van der Waals surface area contributed by atoms with Crippen LogP contribution in [0.15, 0.2) is 54.7 Å². The van der Waals surface area contributed by atoms with E-state index in [0.29, 0.717) is 0 Å². The molecule has 0 aliphatic carbocycles. The van der Waals surface area contributed by atoms with E-state index in [-0.39, 0.29) is 10.8 Å². The molecular weight excluding hydrogens is 518 g/mol. The molecule has 41 heavy (non-hydrogen) atoms. The van der Waals surface area contributed by atoms with Gasteiger partial charge in [0.25, 0.3) is 0 Å². The van der Waals surface area contributed by atoms with Gasteiger partial charge in [-0.05, 0) is 77.6 Å². The zero-order valence-corrected chi connectivity index (χ0v) is 26.7. The number of aryl methyl sites for hydroxylation is 3. The molecule has 0 saturated heterocycles. The van der Waals surface area contributed by atoms with Crippen molar-refractivity contribution in [3.05, 3.63) is 77.0 Å². The largest absolute Gasteiger partial charge is 0.455 e. The Hall–Kier alpha value is -3.43. The van der Waals surface area contributed by atoms with Crippen molar-refractivity contribution in [2.75, 3.05) is 0 Å². The highest BCUT2D eigenvalue weighted by molar-refractivity contribution is 7.26. The molecule has 0 atom stereocenters. The molecule has 0 bridgehead atoms. The smallest absolute Gasteiger partial charge is 0.228 e. The molecule has 7 rings (SSSR count). The van der Waals surface area contributed by atoms with Gasteiger partial charge in [0.1, 0.15) is 18.5 Å². The van der Waals surface area contributed by atoms with Gasteiger partial charge in [0.15, 0.2) is 6.20 Å². The molecular formula is C38H40NOS+. The summed E-state index contributed by atoms with van der Waals surface area (Å²) in [5.41, 5.74) is 8.18. The predicted molar refractivity (Wildman–Crippen MR) is 177 cm³/mol. The van der Waals surface area contributed by atoms with Crippen LogP contribution in [0.25, 0.3) is 53.0 Å².